The van der Waals surface area contributed by atoms with Crippen LogP contribution in [0.15, 0.2) is 137 Å². The predicted molar refractivity (Wildman–Crippen MR) is 180 cm³/mol. The molecule has 0 fully saturated rings. The Hall–Kier alpha value is -5.21. The molecule has 1 aromatic heterocycles. The highest BCUT2D eigenvalue weighted by molar-refractivity contribution is 6.06. The molecule has 7 rings (SSSR count). The molecule has 208 valence electrons. The van der Waals surface area contributed by atoms with Crippen LogP contribution in [0.1, 0.15) is 27.8 Å². The molecular weight excluding hydrogens is 524 g/mol. The standard InChI is InChI=1S/C41H32O2/c1-26-11-14-29(15-12-26)21-30-8-6-9-31(22-30)34-18-20-37-36-19-17-33(24-39(36)41(42)43-40(37)25-34)32-16-13-28(3)38(23-32)35-10-5-4-7-27(35)2/h4-20,22-25H,21H2,1-3H3. The van der Waals surface area contributed by atoms with Crippen molar-refractivity contribution in [3.8, 4) is 33.4 Å². The summed E-state index contributed by atoms with van der Waals surface area (Å²) in [5.74, 6) is 0. The van der Waals surface area contributed by atoms with Gasteiger partial charge in [-0.05, 0) is 112 Å². The Kier molecular flexibility index (Phi) is 6.75. The van der Waals surface area contributed by atoms with Crippen molar-refractivity contribution in [2.24, 2.45) is 0 Å². The SMILES string of the molecule is Cc1ccc(Cc2cccc(-c3ccc4c(c3)oc(=O)c3cc(-c5ccc(C)c(-c6ccccc6C)c5)ccc34)c2)cc1. The molecule has 0 aliphatic carbocycles. The van der Waals surface area contributed by atoms with Crippen molar-refractivity contribution in [3.05, 3.63) is 166 Å². The number of hydrogen-bond acceptors (Lipinski definition) is 2. The first-order chi connectivity index (χ1) is 20.9. The largest absolute Gasteiger partial charge is 0.422 e. The fraction of sp³-hybridized carbons (Fsp3) is 0.0976. The Labute approximate surface area is 251 Å². The lowest BCUT2D eigenvalue weighted by Crippen LogP contribution is -2.00. The topological polar surface area (TPSA) is 30.2 Å². The molecule has 0 spiro atoms. The average molecular weight is 557 g/mol. The third-order valence-corrected chi connectivity index (χ3v) is 8.51. The van der Waals surface area contributed by atoms with E-state index in [1.165, 1.54) is 38.9 Å². The summed E-state index contributed by atoms with van der Waals surface area (Å²) >= 11 is 0. The van der Waals surface area contributed by atoms with E-state index in [-0.39, 0.29) is 5.63 Å². The quantitative estimate of drug-likeness (QED) is 0.156. The van der Waals surface area contributed by atoms with Gasteiger partial charge in [-0.1, -0.05) is 109 Å². The Balaban J connectivity index is 1.25. The Morgan fingerprint density at radius 2 is 1.16 bits per heavy atom. The summed E-state index contributed by atoms with van der Waals surface area (Å²) in [6.07, 6.45) is 0.872. The average Bonchev–Trinajstić information content (AvgIpc) is 3.03. The summed E-state index contributed by atoms with van der Waals surface area (Å²) in [6.45, 7) is 6.39. The first kappa shape index (κ1) is 26.7. The summed E-state index contributed by atoms with van der Waals surface area (Å²) in [5.41, 5.74) is 13.2. The zero-order chi connectivity index (χ0) is 29.5. The molecule has 0 aliphatic heterocycles. The van der Waals surface area contributed by atoms with Crippen LogP contribution in [0.2, 0.25) is 0 Å². The molecule has 0 N–H and O–H groups in total. The van der Waals surface area contributed by atoms with Gasteiger partial charge in [-0.2, -0.15) is 0 Å². The van der Waals surface area contributed by atoms with Gasteiger partial charge in [0.25, 0.3) is 0 Å². The van der Waals surface area contributed by atoms with Gasteiger partial charge in [0.05, 0.1) is 5.39 Å². The number of hydrogen-bond donors (Lipinski definition) is 0. The third kappa shape index (κ3) is 5.17. The van der Waals surface area contributed by atoms with Crippen molar-refractivity contribution in [1.82, 2.24) is 0 Å². The van der Waals surface area contributed by atoms with E-state index in [0.29, 0.717) is 11.0 Å². The van der Waals surface area contributed by atoms with Gasteiger partial charge >= 0.3 is 5.63 Å². The van der Waals surface area contributed by atoms with Gasteiger partial charge in [0.1, 0.15) is 5.58 Å². The van der Waals surface area contributed by atoms with Gasteiger partial charge in [0.2, 0.25) is 0 Å². The Bertz CT molecular complexity index is 2200. The van der Waals surface area contributed by atoms with Gasteiger partial charge in [-0.3, -0.25) is 0 Å². The second-order valence-electron chi connectivity index (χ2n) is 11.6. The predicted octanol–water partition coefficient (Wildman–Crippen LogP) is 10.5. The van der Waals surface area contributed by atoms with Gasteiger partial charge in [-0.15, -0.1) is 0 Å². The highest BCUT2D eigenvalue weighted by Crippen LogP contribution is 2.34. The Morgan fingerprint density at radius 1 is 0.488 bits per heavy atom. The van der Waals surface area contributed by atoms with Gasteiger partial charge in [-0.25, -0.2) is 4.79 Å². The van der Waals surface area contributed by atoms with Crippen molar-refractivity contribution in [3.63, 3.8) is 0 Å². The first-order valence-electron chi connectivity index (χ1n) is 14.8. The third-order valence-electron chi connectivity index (χ3n) is 8.51. The van der Waals surface area contributed by atoms with E-state index in [2.05, 4.69) is 136 Å². The molecule has 1 heterocycles. The van der Waals surface area contributed by atoms with Gasteiger partial charge < -0.3 is 4.42 Å². The van der Waals surface area contributed by atoms with Gasteiger partial charge in [0, 0.05) is 5.39 Å². The smallest absolute Gasteiger partial charge is 0.344 e. The lowest BCUT2D eigenvalue weighted by Gasteiger charge is -2.13. The normalized spacial score (nSPS) is 11.3. The fourth-order valence-corrected chi connectivity index (χ4v) is 6.06. The molecule has 0 unspecified atom stereocenters. The molecular formula is C41H32O2. The monoisotopic (exact) mass is 556 g/mol. The summed E-state index contributed by atoms with van der Waals surface area (Å²) in [7, 11) is 0. The highest BCUT2D eigenvalue weighted by Gasteiger charge is 2.13. The summed E-state index contributed by atoms with van der Waals surface area (Å²) in [6, 6.07) is 44.5. The molecule has 0 radical (unpaired) electrons. The van der Waals surface area contributed by atoms with Crippen molar-refractivity contribution in [2.75, 3.05) is 0 Å². The lowest BCUT2D eigenvalue weighted by atomic mass is 9.92. The van der Waals surface area contributed by atoms with Crippen LogP contribution in [-0.4, -0.2) is 0 Å². The minimum atomic E-state index is -0.319. The van der Waals surface area contributed by atoms with Crippen LogP contribution in [0.4, 0.5) is 0 Å². The van der Waals surface area contributed by atoms with Crippen LogP contribution in [0, 0.1) is 20.8 Å². The molecule has 7 aromatic rings. The molecule has 43 heavy (non-hydrogen) atoms. The van der Waals surface area contributed by atoms with Gasteiger partial charge in [0.15, 0.2) is 0 Å². The van der Waals surface area contributed by atoms with Crippen molar-refractivity contribution >= 4 is 21.7 Å². The first-order valence-corrected chi connectivity index (χ1v) is 14.8. The molecule has 6 aromatic carbocycles. The summed E-state index contributed by atoms with van der Waals surface area (Å²) in [5, 5.41) is 2.43. The minimum absolute atomic E-state index is 0.319. The highest BCUT2D eigenvalue weighted by atomic mass is 16.4. The van der Waals surface area contributed by atoms with E-state index in [0.717, 1.165) is 39.4 Å². The molecule has 0 amide bonds. The molecule has 0 saturated carbocycles. The molecule has 0 bridgehead atoms. The van der Waals surface area contributed by atoms with Crippen LogP contribution < -0.4 is 5.63 Å². The fourth-order valence-electron chi connectivity index (χ4n) is 6.06. The van der Waals surface area contributed by atoms with E-state index in [1.54, 1.807) is 0 Å². The van der Waals surface area contributed by atoms with Crippen LogP contribution in [0.3, 0.4) is 0 Å². The second kappa shape index (κ2) is 10.9. The lowest BCUT2D eigenvalue weighted by molar-refractivity contribution is 0.570. The van der Waals surface area contributed by atoms with E-state index in [9.17, 15) is 4.79 Å². The van der Waals surface area contributed by atoms with E-state index < -0.39 is 0 Å². The molecule has 2 heteroatoms. The molecule has 2 nitrogen and oxygen atoms in total. The minimum Gasteiger partial charge on any atom is -0.422 e. The number of aryl methyl sites for hydroxylation is 3. The number of rotatable bonds is 5. The Morgan fingerprint density at radius 3 is 1.98 bits per heavy atom. The van der Waals surface area contributed by atoms with E-state index in [4.69, 9.17) is 4.42 Å². The molecule has 0 saturated heterocycles. The van der Waals surface area contributed by atoms with Crippen molar-refractivity contribution in [1.29, 1.82) is 0 Å². The number of benzene rings is 6. The summed E-state index contributed by atoms with van der Waals surface area (Å²) in [4.78, 5) is 13.3. The maximum absolute atomic E-state index is 13.3. The zero-order valence-electron chi connectivity index (χ0n) is 24.6. The van der Waals surface area contributed by atoms with Crippen LogP contribution in [0.5, 0.6) is 0 Å². The maximum Gasteiger partial charge on any atom is 0.344 e. The zero-order valence-corrected chi connectivity index (χ0v) is 24.6. The maximum atomic E-state index is 13.3. The van der Waals surface area contributed by atoms with Crippen molar-refractivity contribution < 1.29 is 4.42 Å². The van der Waals surface area contributed by atoms with E-state index in [1.807, 2.05) is 12.1 Å². The summed E-state index contributed by atoms with van der Waals surface area (Å²) < 4.78 is 5.94. The van der Waals surface area contributed by atoms with E-state index >= 15 is 0 Å². The number of fused-ring (bicyclic) bond motifs is 3. The van der Waals surface area contributed by atoms with Crippen molar-refractivity contribution in [2.45, 2.75) is 27.2 Å². The second-order valence-corrected chi connectivity index (χ2v) is 11.6. The molecule has 0 aliphatic rings. The van der Waals surface area contributed by atoms with Crippen LogP contribution >= 0.6 is 0 Å². The van der Waals surface area contributed by atoms with Crippen LogP contribution in [0.25, 0.3) is 55.1 Å². The molecule has 0 atom stereocenters. The van der Waals surface area contributed by atoms with Crippen LogP contribution in [-0.2, 0) is 6.42 Å².